The van der Waals surface area contributed by atoms with Gasteiger partial charge >= 0.3 is 5.97 Å². The Morgan fingerprint density at radius 2 is 1.79 bits per heavy atom. The Labute approximate surface area is 172 Å². The largest absolute Gasteiger partial charge is 0.493 e. The summed E-state index contributed by atoms with van der Waals surface area (Å²) >= 11 is 5.89. The zero-order valence-corrected chi connectivity index (χ0v) is 16.1. The fourth-order valence-corrected chi connectivity index (χ4v) is 2.74. The average Bonchev–Trinajstić information content (AvgIpc) is 2.73. The first-order valence-corrected chi connectivity index (χ1v) is 8.92. The van der Waals surface area contributed by atoms with Gasteiger partial charge in [0.05, 0.1) is 24.3 Å². The normalized spacial score (nSPS) is 10.9. The topological polar surface area (TPSA) is 59.3 Å². The Bertz CT molecular complexity index is 1120. The molecule has 0 heterocycles. The van der Waals surface area contributed by atoms with Crippen LogP contribution >= 0.6 is 11.6 Å². The van der Waals surface area contributed by atoms with E-state index in [9.17, 15) is 14.4 Å². The first kappa shape index (κ1) is 20.1. The fourth-order valence-electron chi connectivity index (χ4n) is 2.62. The van der Waals surface area contributed by atoms with E-state index in [1.165, 1.54) is 31.4 Å². The summed E-state index contributed by atoms with van der Waals surface area (Å²) < 4.78 is 24.4. The number of allylic oxidation sites excluding steroid dienone is 1. The van der Waals surface area contributed by atoms with Crippen molar-refractivity contribution in [3.8, 4) is 17.6 Å². The highest BCUT2D eigenvalue weighted by atomic mass is 35.5. The Morgan fingerprint density at radius 1 is 1.07 bits per heavy atom. The lowest BCUT2D eigenvalue weighted by atomic mass is 10.0. The Balaban J connectivity index is 1.88. The van der Waals surface area contributed by atoms with Gasteiger partial charge in [0.2, 0.25) is 0 Å². The molecule has 0 aliphatic heterocycles. The summed E-state index contributed by atoms with van der Waals surface area (Å²) in [7, 11) is 1.42. The van der Waals surface area contributed by atoms with E-state index in [1.54, 1.807) is 48.5 Å². The van der Waals surface area contributed by atoms with Crippen molar-refractivity contribution in [2.45, 2.75) is 0 Å². The number of rotatable bonds is 5. The number of hydrogen-bond donors (Lipinski definition) is 0. The van der Waals surface area contributed by atoms with Gasteiger partial charge in [-0.3, -0.25) is 0 Å². The molecule has 0 fully saturated rings. The van der Waals surface area contributed by atoms with Crippen molar-refractivity contribution in [3.05, 3.63) is 94.3 Å². The maximum Gasteiger partial charge on any atom is 0.346 e. The third kappa shape index (κ3) is 4.81. The molecule has 3 aromatic rings. The van der Waals surface area contributed by atoms with Crippen molar-refractivity contribution in [2.75, 3.05) is 7.11 Å². The molecule has 0 atom stereocenters. The van der Waals surface area contributed by atoms with Crippen LogP contribution in [0.15, 0.2) is 66.7 Å². The van der Waals surface area contributed by atoms with E-state index in [0.29, 0.717) is 21.7 Å². The van der Waals surface area contributed by atoms with Crippen LogP contribution in [0.2, 0.25) is 5.02 Å². The van der Waals surface area contributed by atoms with Crippen LogP contribution in [0.3, 0.4) is 0 Å². The number of nitrogens with zero attached hydrogens (tertiary/aromatic N) is 1. The van der Waals surface area contributed by atoms with Crippen LogP contribution in [-0.4, -0.2) is 13.1 Å². The number of ether oxygens (including phenoxy) is 2. The van der Waals surface area contributed by atoms with E-state index >= 15 is 0 Å². The van der Waals surface area contributed by atoms with Gasteiger partial charge in [0.1, 0.15) is 5.82 Å². The van der Waals surface area contributed by atoms with E-state index in [4.69, 9.17) is 21.1 Å². The van der Waals surface area contributed by atoms with E-state index in [-0.39, 0.29) is 17.1 Å². The van der Waals surface area contributed by atoms with Gasteiger partial charge in [-0.25, -0.2) is 9.18 Å². The van der Waals surface area contributed by atoms with Crippen molar-refractivity contribution >= 4 is 29.2 Å². The molecule has 0 unspecified atom stereocenters. The zero-order valence-electron chi connectivity index (χ0n) is 15.4. The minimum atomic E-state index is -0.830. The zero-order chi connectivity index (χ0) is 20.8. The average molecular weight is 408 g/mol. The van der Waals surface area contributed by atoms with E-state index in [0.717, 1.165) is 0 Å². The van der Waals surface area contributed by atoms with Crippen LogP contribution in [0.4, 0.5) is 4.39 Å². The number of benzene rings is 3. The monoisotopic (exact) mass is 407 g/mol. The number of carbonyl (C=O) groups excluding carboxylic acids is 1. The Morgan fingerprint density at radius 3 is 2.45 bits per heavy atom. The molecule has 144 valence electrons. The molecule has 0 N–H and O–H groups in total. The van der Waals surface area contributed by atoms with Gasteiger partial charge < -0.3 is 9.47 Å². The van der Waals surface area contributed by atoms with Crippen LogP contribution in [0.1, 0.15) is 21.5 Å². The lowest BCUT2D eigenvalue weighted by molar-refractivity contribution is 0.0725. The van der Waals surface area contributed by atoms with Gasteiger partial charge in [-0.1, -0.05) is 41.9 Å². The van der Waals surface area contributed by atoms with Gasteiger partial charge in [-0.15, -0.1) is 0 Å². The molecule has 29 heavy (non-hydrogen) atoms. The number of halogens is 2. The number of carbonyl (C=O) groups is 1. The summed E-state index contributed by atoms with van der Waals surface area (Å²) in [4.78, 5) is 12.2. The second-order valence-electron chi connectivity index (χ2n) is 5.96. The molecule has 0 spiro atoms. The fraction of sp³-hybridized carbons (Fsp3) is 0.0435. The molecule has 0 aliphatic carbocycles. The molecule has 0 saturated carbocycles. The van der Waals surface area contributed by atoms with Gasteiger partial charge in [0, 0.05) is 5.02 Å². The van der Waals surface area contributed by atoms with Gasteiger partial charge in [0.15, 0.2) is 11.5 Å². The van der Waals surface area contributed by atoms with Gasteiger partial charge in [-0.05, 0) is 53.6 Å². The molecule has 0 bridgehead atoms. The highest BCUT2D eigenvalue weighted by Crippen LogP contribution is 2.31. The predicted octanol–water partition coefficient (Wildman–Crippen LogP) is 5.77. The van der Waals surface area contributed by atoms with E-state index < -0.39 is 11.8 Å². The maximum absolute atomic E-state index is 13.8. The van der Waals surface area contributed by atoms with Gasteiger partial charge in [-0.2, -0.15) is 5.26 Å². The second-order valence-corrected chi connectivity index (χ2v) is 6.39. The Kier molecular flexibility index (Phi) is 6.28. The molecule has 6 heteroatoms. The number of methoxy groups -OCH3 is 1. The van der Waals surface area contributed by atoms with Crippen LogP contribution in [0.5, 0.6) is 11.5 Å². The summed E-state index contributed by atoms with van der Waals surface area (Å²) in [6.45, 7) is 0. The second kappa shape index (κ2) is 9.05. The number of nitriles is 1. The minimum absolute atomic E-state index is 0.142. The van der Waals surface area contributed by atoms with Crippen molar-refractivity contribution in [1.29, 1.82) is 5.26 Å². The molecule has 0 radical (unpaired) electrons. The van der Waals surface area contributed by atoms with Crippen molar-refractivity contribution < 1.29 is 18.7 Å². The summed E-state index contributed by atoms with van der Waals surface area (Å²) in [5.74, 6) is -1.08. The lowest BCUT2D eigenvalue weighted by Crippen LogP contribution is -2.11. The SMILES string of the molecule is COc1cc(/C=C(/C#N)c2ccc(Cl)cc2)ccc1OC(=O)c1ccccc1F. The molecule has 3 rings (SSSR count). The minimum Gasteiger partial charge on any atom is -0.493 e. The van der Waals surface area contributed by atoms with Crippen LogP contribution in [0, 0.1) is 17.1 Å². The summed E-state index contributed by atoms with van der Waals surface area (Å²) in [5, 5.41) is 10.1. The first-order chi connectivity index (χ1) is 14.0. The number of esters is 1. The third-order valence-corrected chi connectivity index (χ3v) is 4.32. The van der Waals surface area contributed by atoms with E-state index in [2.05, 4.69) is 6.07 Å². The van der Waals surface area contributed by atoms with E-state index in [1.807, 2.05) is 0 Å². The predicted molar refractivity (Wildman–Crippen MR) is 109 cm³/mol. The molecule has 0 aromatic heterocycles. The maximum atomic E-state index is 13.8. The first-order valence-electron chi connectivity index (χ1n) is 8.54. The quantitative estimate of drug-likeness (QED) is 0.233. The van der Waals surface area contributed by atoms with Crippen molar-refractivity contribution in [2.24, 2.45) is 0 Å². The standard InChI is InChI=1S/C23H15ClFNO3/c1-28-22-13-15(12-17(14-26)16-7-9-18(24)10-8-16)6-11-21(22)29-23(27)19-4-2-3-5-20(19)25/h2-13H,1H3/b17-12-. The summed E-state index contributed by atoms with van der Waals surface area (Å²) in [6.07, 6.45) is 1.67. The molecule has 4 nitrogen and oxygen atoms in total. The van der Waals surface area contributed by atoms with Crippen LogP contribution < -0.4 is 9.47 Å². The van der Waals surface area contributed by atoms with Crippen LogP contribution in [-0.2, 0) is 0 Å². The molecule has 0 saturated heterocycles. The number of hydrogen-bond acceptors (Lipinski definition) is 4. The summed E-state index contributed by atoms with van der Waals surface area (Å²) in [5.41, 5.74) is 1.64. The van der Waals surface area contributed by atoms with Crippen molar-refractivity contribution in [1.82, 2.24) is 0 Å². The smallest absolute Gasteiger partial charge is 0.346 e. The lowest BCUT2D eigenvalue weighted by Gasteiger charge is -2.10. The molecular weight excluding hydrogens is 393 g/mol. The van der Waals surface area contributed by atoms with Crippen LogP contribution in [0.25, 0.3) is 11.6 Å². The highest BCUT2D eigenvalue weighted by Gasteiger charge is 2.16. The summed E-state index contributed by atoms with van der Waals surface area (Å²) in [6, 6.07) is 19.4. The molecule has 0 amide bonds. The van der Waals surface area contributed by atoms with Gasteiger partial charge in [0.25, 0.3) is 0 Å². The molecular formula is C23H15ClFNO3. The highest BCUT2D eigenvalue weighted by molar-refractivity contribution is 6.30. The Hall–Kier alpha value is -3.62. The third-order valence-electron chi connectivity index (χ3n) is 4.07. The molecule has 3 aromatic carbocycles. The van der Waals surface area contributed by atoms with Crippen molar-refractivity contribution in [3.63, 3.8) is 0 Å². The molecule has 0 aliphatic rings.